The zero-order valence-electron chi connectivity index (χ0n) is 16.8. The first-order valence-corrected chi connectivity index (χ1v) is 10.7. The van der Waals surface area contributed by atoms with E-state index in [1.807, 2.05) is 6.07 Å². The Morgan fingerprint density at radius 2 is 1.66 bits per heavy atom. The summed E-state index contributed by atoms with van der Waals surface area (Å²) in [4.78, 5) is 5.17. The lowest BCUT2D eigenvalue weighted by atomic mass is 9.86. The predicted molar refractivity (Wildman–Crippen MR) is 115 cm³/mol. The van der Waals surface area contributed by atoms with E-state index in [2.05, 4.69) is 58.3 Å². The second-order valence-electron chi connectivity index (χ2n) is 8.13. The van der Waals surface area contributed by atoms with Crippen molar-refractivity contribution in [1.29, 1.82) is 0 Å². The molecule has 1 unspecified atom stereocenters. The standard InChI is InChI=1S/C25H28N2O2/c1-2-4-20(5-3-1)19-26-12-14-27(15-13-26)23-9-6-21(7-10-23)22-8-11-24-25(18-22)29-17-16-28-24/h1-5,8-9,11,16-18,21H,6-7,10,12-15,19H2. The van der Waals surface area contributed by atoms with Gasteiger partial charge < -0.3 is 14.4 Å². The third-order valence-corrected chi connectivity index (χ3v) is 6.30. The molecule has 3 aliphatic rings. The van der Waals surface area contributed by atoms with Crippen LogP contribution < -0.4 is 9.47 Å². The summed E-state index contributed by atoms with van der Waals surface area (Å²) in [6.07, 6.45) is 9.12. The van der Waals surface area contributed by atoms with Gasteiger partial charge in [-0.25, -0.2) is 0 Å². The minimum Gasteiger partial charge on any atom is -0.458 e. The van der Waals surface area contributed by atoms with E-state index in [1.54, 1.807) is 18.2 Å². The van der Waals surface area contributed by atoms with Crippen molar-refractivity contribution in [3.05, 3.63) is 84.0 Å². The molecule has 29 heavy (non-hydrogen) atoms. The summed E-state index contributed by atoms with van der Waals surface area (Å²) in [5.74, 6) is 2.20. The van der Waals surface area contributed by atoms with Gasteiger partial charge in [-0.1, -0.05) is 42.5 Å². The normalized spacial score (nSPS) is 21.7. The fourth-order valence-corrected chi connectivity index (χ4v) is 4.62. The number of allylic oxidation sites excluding steroid dienone is 2. The van der Waals surface area contributed by atoms with Crippen molar-refractivity contribution in [2.75, 3.05) is 26.2 Å². The van der Waals surface area contributed by atoms with Crippen LogP contribution in [-0.4, -0.2) is 36.0 Å². The molecule has 1 fully saturated rings. The van der Waals surface area contributed by atoms with E-state index in [1.165, 1.54) is 17.5 Å². The smallest absolute Gasteiger partial charge is 0.169 e. The Morgan fingerprint density at radius 1 is 0.862 bits per heavy atom. The molecule has 0 aromatic heterocycles. The van der Waals surface area contributed by atoms with E-state index in [9.17, 15) is 0 Å². The second kappa shape index (κ2) is 8.34. The van der Waals surface area contributed by atoms with Gasteiger partial charge in [0.25, 0.3) is 0 Å². The molecule has 150 valence electrons. The predicted octanol–water partition coefficient (Wildman–Crippen LogP) is 4.90. The molecule has 2 heterocycles. The van der Waals surface area contributed by atoms with Gasteiger partial charge in [0.1, 0.15) is 12.5 Å². The van der Waals surface area contributed by atoms with Crippen molar-refractivity contribution in [3.8, 4) is 11.5 Å². The summed E-state index contributed by atoms with van der Waals surface area (Å²) >= 11 is 0. The Kier molecular flexibility index (Phi) is 5.27. The second-order valence-corrected chi connectivity index (χ2v) is 8.13. The van der Waals surface area contributed by atoms with Crippen LogP contribution in [0.1, 0.15) is 36.3 Å². The van der Waals surface area contributed by atoms with Gasteiger partial charge in [-0.2, -0.15) is 0 Å². The Balaban J connectivity index is 1.16. The first-order valence-electron chi connectivity index (χ1n) is 10.7. The molecular formula is C25H28N2O2. The van der Waals surface area contributed by atoms with Crippen LogP contribution >= 0.6 is 0 Å². The highest BCUT2D eigenvalue weighted by molar-refractivity contribution is 5.46. The van der Waals surface area contributed by atoms with Gasteiger partial charge in [-0.3, -0.25) is 4.90 Å². The summed E-state index contributed by atoms with van der Waals surface area (Å²) < 4.78 is 11.1. The highest BCUT2D eigenvalue weighted by Gasteiger charge is 2.24. The van der Waals surface area contributed by atoms with Gasteiger partial charge >= 0.3 is 0 Å². The van der Waals surface area contributed by atoms with E-state index in [4.69, 9.17) is 9.47 Å². The fraction of sp³-hybridized carbons (Fsp3) is 0.360. The topological polar surface area (TPSA) is 24.9 Å². The van der Waals surface area contributed by atoms with E-state index in [0.29, 0.717) is 5.92 Å². The van der Waals surface area contributed by atoms with Crippen molar-refractivity contribution in [2.24, 2.45) is 0 Å². The van der Waals surface area contributed by atoms with Crippen molar-refractivity contribution in [2.45, 2.75) is 31.7 Å². The highest BCUT2D eigenvalue weighted by Crippen LogP contribution is 2.38. The maximum atomic E-state index is 5.59. The van der Waals surface area contributed by atoms with Crippen molar-refractivity contribution in [1.82, 2.24) is 9.80 Å². The van der Waals surface area contributed by atoms with Gasteiger partial charge in [0, 0.05) is 38.4 Å². The molecule has 4 nitrogen and oxygen atoms in total. The quantitative estimate of drug-likeness (QED) is 0.744. The molecule has 1 aliphatic carbocycles. The van der Waals surface area contributed by atoms with Crippen LogP contribution in [0, 0.1) is 0 Å². The molecule has 2 aromatic rings. The number of piperazine rings is 1. The summed E-state index contributed by atoms with van der Waals surface area (Å²) in [7, 11) is 0. The minimum atomic E-state index is 0.568. The van der Waals surface area contributed by atoms with Crippen LogP contribution in [0.3, 0.4) is 0 Å². The van der Waals surface area contributed by atoms with Gasteiger partial charge in [0.05, 0.1) is 0 Å². The maximum Gasteiger partial charge on any atom is 0.169 e. The number of benzene rings is 2. The van der Waals surface area contributed by atoms with Gasteiger partial charge in [0.2, 0.25) is 0 Å². The van der Waals surface area contributed by atoms with Crippen LogP contribution in [0.15, 0.2) is 72.8 Å². The third kappa shape index (κ3) is 4.18. The van der Waals surface area contributed by atoms with E-state index >= 15 is 0 Å². The maximum absolute atomic E-state index is 5.59. The molecular weight excluding hydrogens is 360 g/mol. The molecule has 0 spiro atoms. The lowest BCUT2D eigenvalue weighted by molar-refractivity contribution is 0.147. The molecule has 5 rings (SSSR count). The molecule has 1 saturated heterocycles. The first kappa shape index (κ1) is 18.3. The molecule has 0 radical (unpaired) electrons. The highest BCUT2D eigenvalue weighted by atomic mass is 16.5. The molecule has 1 atom stereocenters. The zero-order valence-corrected chi connectivity index (χ0v) is 16.8. The summed E-state index contributed by atoms with van der Waals surface area (Å²) in [6, 6.07) is 17.2. The van der Waals surface area contributed by atoms with Crippen molar-refractivity contribution < 1.29 is 9.47 Å². The molecule has 0 saturated carbocycles. The summed E-state index contributed by atoms with van der Waals surface area (Å²) in [6.45, 7) is 5.63. The molecule has 0 amide bonds. The van der Waals surface area contributed by atoms with Crippen LogP contribution in [0.5, 0.6) is 11.5 Å². The Morgan fingerprint density at radius 3 is 2.41 bits per heavy atom. The summed E-state index contributed by atoms with van der Waals surface area (Å²) in [5, 5.41) is 0. The molecule has 2 aliphatic heterocycles. The first-order chi connectivity index (χ1) is 14.3. The number of nitrogens with zero attached hydrogens (tertiary/aromatic N) is 2. The van der Waals surface area contributed by atoms with Crippen molar-refractivity contribution >= 4 is 0 Å². The number of hydrogen-bond donors (Lipinski definition) is 0. The number of ether oxygens (including phenoxy) is 2. The largest absolute Gasteiger partial charge is 0.458 e. The van der Waals surface area contributed by atoms with Crippen LogP contribution in [0.2, 0.25) is 0 Å². The lowest BCUT2D eigenvalue weighted by Crippen LogP contribution is -2.45. The third-order valence-electron chi connectivity index (χ3n) is 6.30. The minimum absolute atomic E-state index is 0.568. The zero-order chi connectivity index (χ0) is 19.5. The van der Waals surface area contributed by atoms with Crippen LogP contribution in [0.25, 0.3) is 0 Å². The number of hydrogen-bond acceptors (Lipinski definition) is 4. The van der Waals surface area contributed by atoms with Gasteiger partial charge in [-0.15, -0.1) is 0 Å². The van der Waals surface area contributed by atoms with E-state index in [-0.39, 0.29) is 0 Å². The van der Waals surface area contributed by atoms with Crippen molar-refractivity contribution in [3.63, 3.8) is 0 Å². The monoisotopic (exact) mass is 388 g/mol. The molecule has 4 heteroatoms. The average molecular weight is 389 g/mol. The Hall–Kier alpha value is -2.72. The van der Waals surface area contributed by atoms with Gasteiger partial charge in [-0.05, 0) is 48.4 Å². The van der Waals surface area contributed by atoms with Crippen LogP contribution in [0.4, 0.5) is 0 Å². The number of rotatable bonds is 4. The van der Waals surface area contributed by atoms with E-state index < -0.39 is 0 Å². The molecule has 0 N–H and O–H groups in total. The lowest BCUT2D eigenvalue weighted by Gasteiger charge is -2.39. The summed E-state index contributed by atoms with van der Waals surface area (Å²) in [5.41, 5.74) is 4.31. The molecule has 2 aromatic carbocycles. The molecule has 0 bridgehead atoms. The van der Waals surface area contributed by atoms with E-state index in [0.717, 1.165) is 57.1 Å². The Bertz CT molecular complexity index is 898. The fourth-order valence-electron chi connectivity index (χ4n) is 4.62. The SMILES string of the molecule is C1=COc2cc(C3CC=C(N4CCN(Cc5ccccc5)CC4)CC3)ccc2O1. The number of fused-ring (bicyclic) bond motifs is 1. The van der Waals surface area contributed by atoms with Gasteiger partial charge in [0.15, 0.2) is 11.5 Å². The average Bonchev–Trinajstić information content (AvgIpc) is 2.80. The Labute approximate surface area is 173 Å². The van der Waals surface area contributed by atoms with Crippen LogP contribution in [-0.2, 0) is 6.54 Å².